The van der Waals surface area contributed by atoms with E-state index < -0.39 is 0 Å². The number of hydrogen-bond acceptors (Lipinski definition) is 7. The number of anilines is 2. The predicted molar refractivity (Wildman–Crippen MR) is 83.3 cm³/mol. The second-order valence-electron chi connectivity index (χ2n) is 4.08. The summed E-state index contributed by atoms with van der Waals surface area (Å²) in [5, 5.41) is 0. The molecule has 2 aromatic rings. The molecular weight excluding hydrogens is 290 g/mol. The fourth-order valence-corrected chi connectivity index (χ4v) is 1.77. The van der Waals surface area contributed by atoms with Gasteiger partial charge in [-0.15, -0.1) is 4.98 Å². The van der Waals surface area contributed by atoms with E-state index in [9.17, 15) is 0 Å². The lowest BCUT2D eigenvalue weighted by atomic mass is 10.2. The second kappa shape index (κ2) is 6.31. The average molecular weight is 305 g/mol. The molecule has 1 aromatic heterocycles. The van der Waals surface area contributed by atoms with Crippen molar-refractivity contribution in [2.75, 3.05) is 26.2 Å². The molecule has 0 saturated heterocycles. The number of methoxy groups -OCH3 is 2. The molecule has 0 aliphatic heterocycles. The minimum Gasteiger partial charge on any atom is -0.467 e. The van der Waals surface area contributed by atoms with Crippen LogP contribution in [0.3, 0.4) is 0 Å². The van der Waals surface area contributed by atoms with Crippen molar-refractivity contribution in [1.29, 1.82) is 0 Å². The van der Waals surface area contributed by atoms with Crippen molar-refractivity contribution >= 4 is 28.8 Å². The quantitative estimate of drug-likeness (QED) is 0.827. The first-order chi connectivity index (χ1) is 10.0. The molecule has 7 nitrogen and oxygen atoms in total. The lowest BCUT2D eigenvalue weighted by Crippen LogP contribution is -2.16. The summed E-state index contributed by atoms with van der Waals surface area (Å²) in [5.41, 5.74) is 7.24. The highest BCUT2D eigenvalue weighted by atomic mass is 32.1. The van der Waals surface area contributed by atoms with Gasteiger partial charge in [-0.3, -0.25) is 0 Å². The predicted octanol–water partition coefficient (Wildman–Crippen LogP) is 1.29. The van der Waals surface area contributed by atoms with Crippen LogP contribution in [0.2, 0.25) is 0 Å². The largest absolute Gasteiger partial charge is 0.467 e. The normalized spacial score (nSPS) is 10.0. The molecule has 2 rings (SSSR count). The first-order valence-corrected chi connectivity index (χ1v) is 6.43. The van der Waals surface area contributed by atoms with E-state index in [0.29, 0.717) is 10.9 Å². The Bertz CT molecular complexity index is 643. The smallest absolute Gasteiger partial charge is 0.324 e. The molecule has 0 amide bonds. The van der Waals surface area contributed by atoms with Crippen molar-refractivity contribution in [1.82, 2.24) is 15.0 Å². The van der Waals surface area contributed by atoms with Crippen LogP contribution in [0.1, 0.15) is 5.56 Å². The Morgan fingerprint density at radius 1 is 1.14 bits per heavy atom. The van der Waals surface area contributed by atoms with Crippen molar-refractivity contribution in [3.8, 4) is 12.0 Å². The van der Waals surface area contributed by atoms with Gasteiger partial charge < -0.3 is 20.1 Å². The number of hydrogen-bond donors (Lipinski definition) is 1. The Balaban J connectivity index is 2.41. The third-order valence-electron chi connectivity index (χ3n) is 2.77. The molecular formula is C13H15N5O2S. The van der Waals surface area contributed by atoms with Crippen LogP contribution in [0.4, 0.5) is 11.6 Å². The zero-order valence-corrected chi connectivity index (χ0v) is 12.7. The van der Waals surface area contributed by atoms with Crippen molar-refractivity contribution in [3.05, 3.63) is 29.8 Å². The van der Waals surface area contributed by atoms with Crippen LogP contribution in [0, 0.1) is 0 Å². The zero-order chi connectivity index (χ0) is 15.4. The summed E-state index contributed by atoms with van der Waals surface area (Å²) < 4.78 is 10.1. The summed E-state index contributed by atoms with van der Waals surface area (Å²) in [6.07, 6.45) is 0. The standard InChI is InChI=1S/C13H15N5O2S/c1-18(9-6-4-5-8(7-9)10(14)21)11-15-12(19-2)17-13(16-11)20-3/h4-7H,1-3H3,(H2,14,21). The van der Waals surface area contributed by atoms with E-state index in [0.717, 1.165) is 11.3 Å². The summed E-state index contributed by atoms with van der Waals surface area (Å²) in [4.78, 5) is 14.4. The van der Waals surface area contributed by atoms with E-state index in [4.69, 9.17) is 27.4 Å². The monoisotopic (exact) mass is 305 g/mol. The minimum atomic E-state index is 0.175. The topological polar surface area (TPSA) is 86.4 Å². The number of nitrogens with two attached hydrogens (primary N) is 1. The van der Waals surface area contributed by atoms with Crippen LogP contribution in [-0.2, 0) is 0 Å². The summed E-state index contributed by atoms with van der Waals surface area (Å²) in [6.45, 7) is 0. The van der Waals surface area contributed by atoms with Crippen LogP contribution < -0.4 is 20.1 Å². The molecule has 110 valence electrons. The van der Waals surface area contributed by atoms with Gasteiger partial charge in [-0.25, -0.2) is 0 Å². The molecule has 1 heterocycles. The van der Waals surface area contributed by atoms with E-state index in [1.54, 1.807) is 4.90 Å². The number of thiocarbonyl (C=S) groups is 1. The van der Waals surface area contributed by atoms with Crippen molar-refractivity contribution in [2.45, 2.75) is 0 Å². The first-order valence-electron chi connectivity index (χ1n) is 6.02. The van der Waals surface area contributed by atoms with Crippen LogP contribution in [0.15, 0.2) is 24.3 Å². The maximum absolute atomic E-state index is 5.64. The minimum absolute atomic E-state index is 0.175. The maximum atomic E-state index is 5.64. The molecule has 1 aromatic carbocycles. The summed E-state index contributed by atoms with van der Waals surface area (Å²) >= 11 is 4.98. The number of benzene rings is 1. The molecule has 0 aliphatic rings. The van der Waals surface area contributed by atoms with Gasteiger partial charge in [0, 0.05) is 18.3 Å². The molecule has 0 fully saturated rings. The maximum Gasteiger partial charge on any atom is 0.324 e. The van der Waals surface area contributed by atoms with Gasteiger partial charge in [0.1, 0.15) is 4.99 Å². The van der Waals surface area contributed by atoms with Crippen LogP contribution in [0.5, 0.6) is 12.0 Å². The molecule has 0 atom stereocenters. The fraction of sp³-hybridized carbons (Fsp3) is 0.231. The average Bonchev–Trinajstić information content (AvgIpc) is 2.53. The molecule has 0 radical (unpaired) electrons. The van der Waals surface area contributed by atoms with E-state index in [1.165, 1.54) is 14.2 Å². The molecule has 2 N–H and O–H groups in total. The van der Waals surface area contributed by atoms with Gasteiger partial charge in [-0.2, -0.15) is 9.97 Å². The number of aromatic nitrogens is 3. The molecule has 0 aliphatic carbocycles. The lowest BCUT2D eigenvalue weighted by Gasteiger charge is -2.18. The van der Waals surface area contributed by atoms with Crippen LogP contribution >= 0.6 is 12.2 Å². The highest BCUT2D eigenvalue weighted by molar-refractivity contribution is 7.80. The van der Waals surface area contributed by atoms with Gasteiger partial charge in [0.2, 0.25) is 5.95 Å². The third kappa shape index (κ3) is 3.34. The SMILES string of the molecule is COc1nc(OC)nc(N(C)c2cccc(C(N)=S)c2)n1. The molecule has 21 heavy (non-hydrogen) atoms. The van der Waals surface area contributed by atoms with Crippen molar-refractivity contribution in [2.24, 2.45) is 5.73 Å². The van der Waals surface area contributed by atoms with E-state index in [2.05, 4.69) is 15.0 Å². The Morgan fingerprint density at radius 3 is 2.29 bits per heavy atom. The summed E-state index contributed by atoms with van der Waals surface area (Å²) in [7, 11) is 4.77. The van der Waals surface area contributed by atoms with Crippen LogP contribution in [-0.4, -0.2) is 41.2 Å². The highest BCUT2D eigenvalue weighted by Crippen LogP contribution is 2.23. The summed E-state index contributed by atoms with van der Waals surface area (Å²) in [5.74, 6) is 0.388. The number of nitrogens with zero attached hydrogens (tertiary/aromatic N) is 4. The van der Waals surface area contributed by atoms with E-state index in [-0.39, 0.29) is 12.0 Å². The molecule has 0 saturated carbocycles. The zero-order valence-electron chi connectivity index (χ0n) is 11.9. The Kier molecular flexibility index (Phi) is 4.49. The number of ether oxygens (including phenoxy) is 2. The van der Waals surface area contributed by atoms with Gasteiger partial charge in [-0.1, -0.05) is 24.4 Å². The van der Waals surface area contributed by atoms with Gasteiger partial charge in [0.05, 0.1) is 14.2 Å². The Labute approximate surface area is 127 Å². The van der Waals surface area contributed by atoms with Crippen molar-refractivity contribution < 1.29 is 9.47 Å². The second-order valence-corrected chi connectivity index (χ2v) is 4.52. The van der Waals surface area contributed by atoms with E-state index >= 15 is 0 Å². The Morgan fingerprint density at radius 2 is 1.76 bits per heavy atom. The van der Waals surface area contributed by atoms with Crippen molar-refractivity contribution in [3.63, 3.8) is 0 Å². The molecule has 8 heteroatoms. The molecule has 0 unspecified atom stereocenters. The molecule has 0 bridgehead atoms. The van der Waals surface area contributed by atoms with Crippen LogP contribution in [0.25, 0.3) is 0 Å². The van der Waals surface area contributed by atoms with E-state index in [1.807, 2.05) is 31.3 Å². The fourth-order valence-electron chi connectivity index (χ4n) is 1.64. The number of rotatable bonds is 5. The van der Waals surface area contributed by atoms with Gasteiger partial charge >= 0.3 is 12.0 Å². The molecule has 0 spiro atoms. The Hall–Kier alpha value is -2.48. The summed E-state index contributed by atoms with van der Waals surface area (Å²) in [6, 6.07) is 7.79. The third-order valence-corrected chi connectivity index (χ3v) is 3.00. The highest BCUT2D eigenvalue weighted by Gasteiger charge is 2.13. The first kappa shape index (κ1) is 14.9. The van der Waals surface area contributed by atoms with Gasteiger partial charge in [-0.05, 0) is 12.1 Å². The van der Waals surface area contributed by atoms with Gasteiger partial charge in [0.15, 0.2) is 0 Å². The lowest BCUT2D eigenvalue weighted by molar-refractivity contribution is 0.340. The van der Waals surface area contributed by atoms with Gasteiger partial charge in [0.25, 0.3) is 0 Å².